The van der Waals surface area contributed by atoms with Gasteiger partial charge in [-0.15, -0.1) is 11.3 Å². The average molecular weight is 350 g/mol. The third-order valence-corrected chi connectivity index (χ3v) is 5.67. The van der Waals surface area contributed by atoms with Gasteiger partial charge in [-0.25, -0.2) is 0 Å². The van der Waals surface area contributed by atoms with Gasteiger partial charge < -0.3 is 5.32 Å². The number of hydrogen-bond acceptors (Lipinski definition) is 2. The van der Waals surface area contributed by atoms with Crippen molar-refractivity contribution < 1.29 is 0 Å². The Morgan fingerprint density at radius 1 is 1.30 bits per heavy atom. The Morgan fingerprint density at radius 3 is 2.80 bits per heavy atom. The van der Waals surface area contributed by atoms with Crippen LogP contribution in [0, 0.1) is 0 Å². The van der Waals surface area contributed by atoms with Crippen LogP contribution in [0.3, 0.4) is 0 Å². The van der Waals surface area contributed by atoms with Gasteiger partial charge in [0.05, 0.1) is 0 Å². The van der Waals surface area contributed by atoms with Crippen molar-refractivity contribution in [2.45, 2.75) is 44.2 Å². The van der Waals surface area contributed by atoms with Crippen LogP contribution >= 0.6 is 27.3 Å². The molecule has 3 heteroatoms. The van der Waals surface area contributed by atoms with Crippen LogP contribution in [0.5, 0.6) is 0 Å². The molecule has 1 aliphatic rings. The highest BCUT2D eigenvalue weighted by Gasteiger charge is 2.31. The summed E-state index contributed by atoms with van der Waals surface area (Å²) in [6, 6.07) is 14.3. The first-order valence-electron chi connectivity index (χ1n) is 7.31. The third kappa shape index (κ3) is 3.16. The van der Waals surface area contributed by atoms with Crippen molar-refractivity contribution in [3.8, 4) is 0 Å². The van der Waals surface area contributed by atoms with Gasteiger partial charge >= 0.3 is 0 Å². The average Bonchev–Trinajstić information content (AvgIpc) is 2.91. The van der Waals surface area contributed by atoms with Crippen LogP contribution in [-0.4, -0.2) is 6.04 Å². The van der Waals surface area contributed by atoms with Gasteiger partial charge in [-0.3, -0.25) is 0 Å². The van der Waals surface area contributed by atoms with Crippen LogP contribution in [0.4, 0.5) is 0 Å². The molecular weight excluding hydrogens is 330 g/mol. The van der Waals surface area contributed by atoms with Crippen LogP contribution < -0.4 is 5.32 Å². The summed E-state index contributed by atoms with van der Waals surface area (Å²) in [6.45, 7) is 2.27. The third-order valence-electron chi connectivity index (χ3n) is 4.19. The summed E-state index contributed by atoms with van der Waals surface area (Å²) >= 11 is 5.42. The van der Waals surface area contributed by atoms with Crippen molar-refractivity contribution in [1.82, 2.24) is 5.32 Å². The van der Waals surface area contributed by atoms with Crippen LogP contribution in [-0.2, 0) is 0 Å². The summed E-state index contributed by atoms with van der Waals surface area (Å²) in [4.78, 5) is 1.47. The molecule has 0 saturated heterocycles. The summed E-state index contributed by atoms with van der Waals surface area (Å²) < 4.78 is 1.19. The summed E-state index contributed by atoms with van der Waals surface area (Å²) in [7, 11) is 0. The highest BCUT2D eigenvalue weighted by molar-refractivity contribution is 9.10. The molecule has 1 nitrogen and oxygen atoms in total. The van der Waals surface area contributed by atoms with E-state index in [1.165, 1.54) is 34.2 Å². The smallest absolute Gasteiger partial charge is 0.0414 e. The van der Waals surface area contributed by atoms with Crippen molar-refractivity contribution in [2.75, 3.05) is 0 Å². The van der Waals surface area contributed by atoms with Crippen molar-refractivity contribution in [1.29, 1.82) is 0 Å². The van der Waals surface area contributed by atoms with E-state index in [-0.39, 0.29) is 0 Å². The van der Waals surface area contributed by atoms with E-state index in [0.717, 1.165) is 5.92 Å². The molecule has 1 heterocycles. The highest BCUT2D eigenvalue weighted by atomic mass is 79.9. The lowest BCUT2D eigenvalue weighted by Crippen LogP contribution is -2.41. The zero-order chi connectivity index (χ0) is 13.9. The summed E-state index contributed by atoms with van der Waals surface area (Å²) in [5.41, 5.74) is 1.47. The maximum atomic E-state index is 3.82. The zero-order valence-corrected chi connectivity index (χ0v) is 14.1. The Kier molecular flexibility index (Phi) is 4.59. The van der Waals surface area contributed by atoms with E-state index >= 15 is 0 Å². The second-order valence-corrected chi connectivity index (χ2v) is 7.46. The van der Waals surface area contributed by atoms with E-state index in [0.29, 0.717) is 12.1 Å². The maximum Gasteiger partial charge on any atom is 0.0414 e. The van der Waals surface area contributed by atoms with Gasteiger partial charge in [0.1, 0.15) is 0 Å². The van der Waals surface area contributed by atoms with Gasteiger partial charge in [0.2, 0.25) is 0 Å². The Bertz CT molecular complexity index is 546. The molecule has 1 unspecified atom stereocenters. The quantitative estimate of drug-likeness (QED) is 0.751. The van der Waals surface area contributed by atoms with E-state index < -0.39 is 0 Å². The predicted molar refractivity (Wildman–Crippen MR) is 90.4 cm³/mol. The Hall–Kier alpha value is -0.640. The molecule has 1 aliphatic carbocycles. The Balaban J connectivity index is 1.55. The van der Waals surface area contributed by atoms with Crippen molar-refractivity contribution >= 4 is 27.3 Å². The number of thiophene rings is 1. The first-order valence-corrected chi connectivity index (χ1v) is 8.98. The van der Waals surface area contributed by atoms with Crippen molar-refractivity contribution in [3.05, 3.63) is 56.7 Å². The van der Waals surface area contributed by atoms with E-state index in [2.05, 4.69) is 69.9 Å². The largest absolute Gasteiger partial charge is 0.306 e. The predicted octanol–water partition coefficient (Wildman–Crippen LogP) is 5.50. The monoisotopic (exact) mass is 349 g/mol. The normalized spacial score (nSPS) is 23.3. The minimum atomic E-state index is 0.531. The van der Waals surface area contributed by atoms with E-state index in [1.807, 2.05) is 11.3 Å². The van der Waals surface area contributed by atoms with Crippen LogP contribution in [0.15, 0.2) is 46.3 Å². The summed E-state index contributed by atoms with van der Waals surface area (Å²) in [5.74, 6) is 0.728. The van der Waals surface area contributed by atoms with Gasteiger partial charge in [-0.2, -0.15) is 0 Å². The molecule has 1 fully saturated rings. The molecule has 1 saturated carbocycles. The molecule has 1 atom stereocenters. The molecule has 1 N–H and O–H groups in total. The van der Waals surface area contributed by atoms with E-state index in [9.17, 15) is 0 Å². The minimum absolute atomic E-state index is 0.531. The first-order chi connectivity index (χ1) is 9.76. The van der Waals surface area contributed by atoms with E-state index in [1.54, 1.807) is 0 Å². The van der Waals surface area contributed by atoms with Gasteiger partial charge in [-0.05, 0) is 54.3 Å². The van der Waals surface area contributed by atoms with Gasteiger partial charge in [0.25, 0.3) is 0 Å². The fraction of sp³-hybridized carbons (Fsp3) is 0.412. The Morgan fingerprint density at radius 2 is 2.15 bits per heavy atom. The number of hydrogen-bond donors (Lipinski definition) is 1. The molecule has 20 heavy (non-hydrogen) atoms. The highest BCUT2D eigenvalue weighted by Crippen LogP contribution is 2.39. The molecule has 0 radical (unpaired) electrons. The molecular formula is C17H20BrNS. The zero-order valence-electron chi connectivity index (χ0n) is 11.7. The Labute approximate surface area is 133 Å². The van der Waals surface area contributed by atoms with Gasteiger partial charge in [0, 0.05) is 21.4 Å². The minimum Gasteiger partial charge on any atom is -0.306 e. The molecule has 0 aliphatic heterocycles. The number of benzene rings is 1. The lowest BCUT2D eigenvalue weighted by atomic mass is 9.75. The lowest BCUT2D eigenvalue weighted by Gasteiger charge is -2.38. The standard InChI is InChI=1S/C17H20BrNS/c1-2-16(17-7-4-8-20-17)19-15-10-13(11-15)12-5-3-6-14(18)9-12/h3-9,13,15-16,19H,2,10-11H2,1H3. The second kappa shape index (κ2) is 6.42. The molecule has 3 rings (SSSR count). The molecule has 1 aromatic heterocycles. The number of rotatable bonds is 5. The number of halogens is 1. The maximum absolute atomic E-state index is 3.82. The first kappa shape index (κ1) is 14.3. The molecule has 1 aromatic carbocycles. The fourth-order valence-corrected chi connectivity index (χ4v) is 4.25. The molecule has 0 bridgehead atoms. The van der Waals surface area contributed by atoms with Gasteiger partial charge in [-0.1, -0.05) is 41.1 Å². The fourth-order valence-electron chi connectivity index (χ4n) is 2.96. The topological polar surface area (TPSA) is 12.0 Å². The van der Waals surface area contributed by atoms with E-state index in [4.69, 9.17) is 0 Å². The lowest BCUT2D eigenvalue weighted by molar-refractivity contribution is 0.264. The van der Waals surface area contributed by atoms with Crippen molar-refractivity contribution in [2.24, 2.45) is 0 Å². The van der Waals surface area contributed by atoms with Crippen LogP contribution in [0.2, 0.25) is 0 Å². The molecule has 0 spiro atoms. The number of nitrogens with one attached hydrogen (secondary N) is 1. The van der Waals surface area contributed by atoms with Gasteiger partial charge in [0.15, 0.2) is 0 Å². The summed E-state index contributed by atoms with van der Waals surface area (Å²) in [6.07, 6.45) is 3.69. The van der Waals surface area contributed by atoms with Crippen LogP contribution in [0.25, 0.3) is 0 Å². The SMILES string of the molecule is CCC(NC1CC(c2cccc(Br)c2)C1)c1cccs1. The molecule has 106 valence electrons. The summed E-state index contributed by atoms with van der Waals surface area (Å²) in [5, 5.41) is 5.99. The van der Waals surface area contributed by atoms with Crippen molar-refractivity contribution in [3.63, 3.8) is 0 Å². The molecule has 0 amide bonds. The molecule has 2 aromatic rings. The van der Waals surface area contributed by atoms with Crippen LogP contribution in [0.1, 0.15) is 48.6 Å². The second-order valence-electron chi connectivity index (χ2n) is 5.56.